The highest BCUT2D eigenvalue weighted by atomic mass is 32.2. The first kappa shape index (κ1) is 16.8. The number of thioether (sulfide) groups is 1. The number of nitrogens with one attached hydrogen (secondary N) is 1. The number of hydrogen-bond donors (Lipinski definition) is 1. The number of aromatic nitrogens is 1. The molecular formula is C17H27N3O2S. The number of hydrogen-bond acceptors (Lipinski definition) is 5. The van der Waals surface area contributed by atoms with E-state index in [0.717, 1.165) is 37.7 Å². The van der Waals surface area contributed by atoms with Crippen molar-refractivity contribution in [1.82, 2.24) is 15.4 Å². The van der Waals surface area contributed by atoms with Crippen LogP contribution in [0.25, 0.3) is 0 Å². The highest BCUT2D eigenvalue weighted by molar-refractivity contribution is 7.99. The van der Waals surface area contributed by atoms with Crippen LogP contribution in [0.4, 0.5) is 0 Å². The Morgan fingerprint density at radius 3 is 2.61 bits per heavy atom. The van der Waals surface area contributed by atoms with Gasteiger partial charge in [-0.3, -0.25) is 4.79 Å². The molecule has 23 heavy (non-hydrogen) atoms. The second kappa shape index (κ2) is 7.71. The molecule has 2 aliphatic heterocycles. The van der Waals surface area contributed by atoms with Crippen LogP contribution in [0.1, 0.15) is 61.7 Å². The molecule has 1 amide bonds. The Balaban J connectivity index is 1.47. The van der Waals surface area contributed by atoms with Crippen LogP contribution in [0.3, 0.4) is 0 Å². The van der Waals surface area contributed by atoms with Gasteiger partial charge in [-0.05, 0) is 37.2 Å². The minimum absolute atomic E-state index is 0.104. The van der Waals surface area contributed by atoms with Crippen LogP contribution in [0.5, 0.6) is 0 Å². The fourth-order valence-electron chi connectivity index (χ4n) is 3.39. The van der Waals surface area contributed by atoms with E-state index in [0.29, 0.717) is 5.69 Å². The highest BCUT2D eigenvalue weighted by Gasteiger charge is 2.27. The van der Waals surface area contributed by atoms with E-state index < -0.39 is 0 Å². The molecule has 3 rings (SSSR count). The summed E-state index contributed by atoms with van der Waals surface area (Å²) in [4.78, 5) is 14.9. The molecule has 128 valence electrons. The van der Waals surface area contributed by atoms with Crippen LogP contribution in [0, 0.1) is 0 Å². The predicted octanol–water partition coefficient (Wildman–Crippen LogP) is 2.89. The topological polar surface area (TPSA) is 58.4 Å². The number of piperidine rings is 1. The van der Waals surface area contributed by atoms with E-state index >= 15 is 0 Å². The lowest BCUT2D eigenvalue weighted by Crippen LogP contribution is -2.48. The van der Waals surface area contributed by atoms with E-state index in [1.807, 2.05) is 13.8 Å². The molecule has 2 fully saturated rings. The summed E-state index contributed by atoms with van der Waals surface area (Å²) in [5.41, 5.74) is 0.403. The Labute approximate surface area is 142 Å². The highest BCUT2D eigenvalue weighted by Crippen LogP contribution is 2.24. The number of amides is 1. The van der Waals surface area contributed by atoms with Gasteiger partial charge < -0.3 is 14.7 Å². The average molecular weight is 337 g/mol. The molecule has 1 aromatic heterocycles. The summed E-state index contributed by atoms with van der Waals surface area (Å²) >= 11 is 2.07. The fraction of sp³-hybridized carbons (Fsp3) is 0.765. The van der Waals surface area contributed by atoms with Gasteiger partial charge in [0, 0.05) is 37.2 Å². The first-order valence-corrected chi connectivity index (χ1v) is 9.88. The van der Waals surface area contributed by atoms with Crippen molar-refractivity contribution in [2.45, 2.75) is 57.5 Å². The third-order valence-corrected chi connectivity index (χ3v) is 5.95. The SMILES string of the molecule is CC(C)c1cc(C(=O)NC2CCN(C3CCSCC3)CC2)no1. The monoisotopic (exact) mass is 337 g/mol. The van der Waals surface area contributed by atoms with Crippen LogP contribution in [-0.4, -0.2) is 52.6 Å². The number of likely N-dealkylation sites (tertiary alicyclic amines) is 1. The maximum atomic E-state index is 12.3. The maximum Gasteiger partial charge on any atom is 0.273 e. The molecule has 0 aliphatic carbocycles. The Morgan fingerprint density at radius 2 is 2.00 bits per heavy atom. The number of rotatable bonds is 4. The van der Waals surface area contributed by atoms with E-state index in [1.165, 1.54) is 24.3 Å². The minimum Gasteiger partial charge on any atom is -0.360 e. The minimum atomic E-state index is -0.104. The van der Waals surface area contributed by atoms with Gasteiger partial charge in [0.2, 0.25) is 0 Å². The van der Waals surface area contributed by atoms with Crippen molar-refractivity contribution in [3.05, 3.63) is 17.5 Å². The molecule has 0 atom stereocenters. The zero-order valence-corrected chi connectivity index (χ0v) is 14.9. The van der Waals surface area contributed by atoms with Crippen molar-refractivity contribution < 1.29 is 9.32 Å². The van der Waals surface area contributed by atoms with E-state index in [2.05, 4.69) is 27.1 Å². The summed E-state index contributed by atoms with van der Waals surface area (Å²) in [6.07, 6.45) is 4.70. The zero-order valence-electron chi connectivity index (χ0n) is 14.1. The second-order valence-electron chi connectivity index (χ2n) is 6.90. The Hall–Kier alpha value is -1.01. The van der Waals surface area contributed by atoms with Gasteiger partial charge in [0.05, 0.1) is 0 Å². The fourth-order valence-corrected chi connectivity index (χ4v) is 4.47. The Kier molecular flexibility index (Phi) is 5.64. The molecule has 0 bridgehead atoms. The molecule has 0 aromatic carbocycles. The van der Waals surface area contributed by atoms with Gasteiger partial charge >= 0.3 is 0 Å². The summed E-state index contributed by atoms with van der Waals surface area (Å²) in [5.74, 6) is 3.51. The van der Waals surface area contributed by atoms with Gasteiger partial charge in [-0.1, -0.05) is 19.0 Å². The molecule has 0 saturated carbocycles. The lowest BCUT2D eigenvalue weighted by Gasteiger charge is -2.39. The van der Waals surface area contributed by atoms with Gasteiger partial charge in [0.1, 0.15) is 5.76 Å². The number of carbonyl (C=O) groups is 1. The molecule has 0 radical (unpaired) electrons. The molecule has 1 N–H and O–H groups in total. The van der Waals surface area contributed by atoms with Crippen LogP contribution >= 0.6 is 11.8 Å². The largest absolute Gasteiger partial charge is 0.360 e. The van der Waals surface area contributed by atoms with E-state index in [-0.39, 0.29) is 17.9 Å². The van der Waals surface area contributed by atoms with E-state index in [4.69, 9.17) is 4.52 Å². The molecular weight excluding hydrogens is 310 g/mol. The van der Waals surface area contributed by atoms with Crippen LogP contribution in [0.2, 0.25) is 0 Å². The van der Waals surface area contributed by atoms with Gasteiger partial charge in [-0.15, -0.1) is 0 Å². The molecule has 6 heteroatoms. The summed E-state index contributed by atoms with van der Waals surface area (Å²) in [6.45, 7) is 6.25. The normalized spacial score (nSPS) is 21.7. The van der Waals surface area contributed by atoms with Crippen molar-refractivity contribution in [3.63, 3.8) is 0 Å². The number of nitrogens with zero attached hydrogens (tertiary/aromatic N) is 2. The standard InChI is InChI=1S/C17H27N3O2S/c1-12(2)16-11-15(19-22-16)17(21)18-13-3-7-20(8-4-13)14-5-9-23-10-6-14/h11-14H,3-10H2,1-2H3,(H,18,21). The van der Waals surface area contributed by atoms with Crippen molar-refractivity contribution in [2.75, 3.05) is 24.6 Å². The first-order chi connectivity index (χ1) is 11.1. The summed E-state index contributed by atoms with van der Waals surface area (Å²) in [5, 5.41) is 7.01. The average Bonchev–Trinajstić information content (AvgIpc) is 3.07. The van der Waals surface area contributed by atoms with Crippen molar-refractivity contribution in [3.8, 4) is 0 Å². The molecule has 2 saturated heterocycles. The quantitative estimate of drug-likeness (QED) is 0.915. The summed E-state index contributed by atoms with van der Waals surface area (Å²) in [7, 11) is 0. The summed E-state index contributed by atoms with van der Waals surface area (Å²) < 4.78 is 5.21. The third-order valence-electron chi connectivity index (χ3n) is 4.90. The van der Waals surface area contributed by atoms with E-state index in [1.54, 1.807) is 6.07 Å². The molecule has 1 aromatic rings. The molecule has 2 aliphatic rings. The predicted molar refractivity (Wildman–Crippen MR) is 93.0 cm³/mol. The third kappa shape index (κ3) is 4.29. The van der Waals surface area contributed by atoms with Crippen LogP contribution < -0.4 is 5.32 Å². The van der Waals surface area contributed by atoms with Crippen LogP contribution in [0.15, 0.2) is 10.6 Å². The van der Waals surface area contributed by atoms with Crippen molar-refractivity contribution in [2.24, 2.45) is 0 Å². The molecule has 0 spiro atoms. The van der Waals surface area contributed by atoms with Gasteiger partial charge in [0.15, 0.2) is 5.69 Å². The van der Waals surface area contributed by atoms with Gasteiger partial charge in [-0.25, -0.2) is 0 Å². The van der Waals surface area contributed by atoms with Gasteiger partial charge in [0.25, 0.3) is 5.91 Å². The molecule has 3 heterocycles. The molecule has 5 nitrogen and oxygen atoms in total. The second-order valence-corrected chi connectivity index (χ2v) is 8.12. The first-order valence-electron chi connectivity index (χ1n) is 8.72. The summed E-state index contributed by atoms with van der Waals surface area (Å²) in [6, 6.07) is 2.78. The lowest BCUT2D eigenvalue weighted by atomic mass is 10.0. The lowest BCUT2D eigenvalue weighted by molar-refractivity contribution is 0.0877. The Bertz CT molecular complexity index is 518. The Morgan fingerprint density at radius 1 is 1.30 bits per heavy atom. The van der Waals surface area contributed by atoms with Crippen LogP contribution in [-0.2, 0) is 0 Å². The zero-order chi connectivity index (χ0) is 16.2. The maximum absolute atomic E-state index is 12.3. The van der Waals surface area contributed by atoms with Gasteiger partial charge in [-0.2, -0.15) is 11.8 Å². The molecule has 0 unspecified atom stereocenters. The van der Waals surface area contributed by atoms with E-state index in [9.17, 15) is 4.79 Å². The number of carbonyl (C=O) groups excluding carboxylic acids is 1. The van der Waals surface area contributed by atoms with Crippen molar-refractivity contribution >= 4 is 17.7 Å². The smallest absolute Gasteiger partial charge is 0.273 e. The van der Waals surface area contributed by atoms with Crippen molar-refractivity contribution in [1.29, 1.82) is 0 Å².